The summed E-state index contributed by atoms with van der Waals surface area (Å²) in [6, 6.07) is 6.79. The van der Waals surface area contributed by atoms with Gasteiger partial charge < -0.3 is 5.32 Å². The average molecular weight is 249 g/mol. The van der Waals surface area contributed by atoms with Crippen LogP contribution in [0.3, 0.4) is 0 Å². The van der Waals surface area contributed by atoms with Crippen LogP contribution in [-0.4, -0.2) is 18.3 Å². The van der Waals surface area contributed by atoms with Crippen molar-refractivity contribution in [2.45, 2.75) is 25.8 Å². The van der Waals surface area contributed by atoms with Gasteiger partial charge in [-0.25, -0.2) is 4.39 Å². The first-order valence-electron chi connectivity index (χ1n) is 4.85. The summed E-state index contributed by atoms with van der Waals surface area (Å²) in [6.07, 6.45) is -8.63. The van der Waals surface area contributed by atoms with E-state index in [9.17, 15) is 22.4 Å². The topological polar surface area (TPSA) is 29.1 Å². The molecule has 17 heavy (non-hydrogen) atoms. The molecule has 2 nitrogen and oxygen atoms in total. The molecule has 0 saturated carbocycles. The highest BCUT2D eigenvalue weighted by molar-refractivity contribution is 5.81. The van der Waals surface area contributed by atoms with E-state index in [2.05, 4.69) is 0 Å². The molecule has 1 aromatic rings. The largest absolute Gasteiger partial charge is 0.428 e. The van der Waals surface area contributed by atoms with Crippen LogP contribution in [0.2, 0.25) is 0 Å². The number of carbonyl (C=O) groups is 1. The Kier molecular flexibility index (Phi) is 4.09. The van der Waals surface area contributed by atoms with E-state index in [0.717, 1.165) is 5.56 Å². The molecule has 0 fully saturated rings. The highest BCUT2D eigenvalue weighted by Gasteiger charge is 2.45. The van der Waals surface area contributed by atoms with Crippen LogP contribution in [0.15, 0.2) is 24.3 Å². The van der Waals surface area contributed by atoms with Crippen molar-refractivity contribution in [2.75, 3.05) is 0 Å². The third-order valence-electron chi connectivity index (χ3n) is 2.10. The van der Waals surface area contributed by atoms with Crippen LogP contribution in [0.5, 0.6) is 0 Å². The van der Waals surface area contributed by atoms with E-state index < -0.39 is 18.3 Å². The van der Waals surface area contributed by atoms with Crippen LogP contribution in [0.4, 0.5) is 17.6 Å². The van der Waals surface area contributed by atoms with Crippen molar-refractivity contribution in [3.05, 3.63) is 35.4 Å². The number of alkyl halides is 4. The van der Waals surface area contributed by atoms with Crippen molar-refractivity contribution >= 4 is 5.91 Å². The number of nitrogens with one attached hydrogen (secondary N) is 1. The molecular formula is C11H11F4NO. The van der Waals surface area contributed by atoms with E-state index in [1.807, 2.05) is 12.2 Å². The molecule has 0 heterocycles. The van der Waals surface area contributed by atoms with Crippen LogP contribution in [0, 0.1) is 6.92 Å². The molecule has 0 aromatic heterocycles. The lowest BCUT2D eigenvalue weighted by Crippen LogP contribution is -2.40. The summed E-state index contributed by atoms with van der Waals surface area (Å²) >= 11 is 0. The van der Waals surface area contributed by atoms with E-state index >= 15 is 0 Å². The standard InChI is InChI=1S/C11H11F4NO/c1-7-2-4-8(5-3-7)6-16-10(17)9(12)11(13,14)15/h2-5,9H,6H2,1H3,(H,16,17)/t9-/m1/s1. The molecule has 1 rings (SSSR count). The monoisotopic (exact) mass is 249 g/mol. The number of hydrogen-bond acceptors (Lipinski definition) is 1. The number of hydrogen-bond donors (Lipinski definition) is 1. The van der Waals surface area contributed by atoms with Gasteiger partial charge in [0.05, 0.1) is 0 Å². The first-order chi connectivity index (χ1) is 7.80. The van der Waals surface area contributed by atoms with E-state index in [1.165, 1.54) is 0 Å². The van der Waals surface area contributed by atoms with Gasteiger partial charge in [0.2, 0.25) is 0 Å². The maximum atomic E-state index is 12.5. The molecule has 6 heteroatoms. The maximum Gasteiger partial charge on any atom is 0.428 e. The first kappa shape index (κ1) is 13.5. The minimum Gasteiger partial charge on any atom is -0.349 e. The summed E-state index contributed by atoms with van der Waals surface area (Å²) in [4.78, 5) is 10.8. The molecule has 0 bridgehead atoms. The molecule has 94 valence electrons. The summed E-state index contributed by atoms with van der Waals surface area (Å²) < 4.78 is 48.1. The predicted octanol–water partition coefficient (Wildman–Crippen LogP) is 2.51. The number of rotatable bonds is 3. The molecule has 0 saturated heterocycles. The summed E-state index contributed by atoms with van der Waals surface area (Å²) in [6.45, 7) is 1.72. The smallest absolute Gasteiger partial charge is 0.349 e. The molecule has 1 amide bonds. The van der Waals surface area contributed by atoms with E-state index in [0.29, 0.717) is 5.56 Å². The predicted molar refractivity (Wildman–Crippen MR) is 54.0 cm³/mol. The zero-order valence-electron chi connectivity index (χ0n) is 9.01. The highest BCUT2D eigenvalue weighted by atomic mass is 19.4. The fourth-order valence-electron chi connectivity index (χ4n) is 1.13. The van der Waals surface area contributed by atoms with Crippen molar-refractivity contribution in [3.63, 3.8) is 0 Å². The van der Waals surface area contributed by atoms with Crippen LogP contribution in [0.25, 0.3) is 0 Å². The molecule has 0 radical (unpaired) electrons. The average Bonchev–Trinajstić information content (AvgIpc) is 2.25. The first-order valence-corrected chi connectivity index (χ1v) is 4.85. The Hall–Kier alpha value is -1.59. The molecular weight excluding hydrogens is 238 g/mol. The summed E-state index contributed by atoms with van der Waals surface area (Å²) in [5, 5.41) is 1.89. The lowest BCUT2D eigenvalue weighted by Gasteiger charge is -2.12. The Morgan fingerprint density at radius 2 is 1.82 bits per heavy atom. The van der Waals surface area contributed by atoms with Crippen molar-refractivity contribution in [1.82, 2.24) is 5.32 Å². The molecule has 1 aromatic carbocycles. The van der Waals surface area contributed by atoms with Gasteiger partial charge in [-0.3, -0.25) is 4.79 Å². The number of carbonyl (C=O) groups excluding carboxylic acids is 1. The fourth-order valence-corrected chi connectivity index (χ4v) is 1.13. The Morgan fingerprint density at radius 3 is 2.29 bits per heavy atom. The van der Waals surface area contributed by atoms with Crippen LogP contribution < -0.4 is 5.32 Å². The second-order valence-corrected chi connectivity index (χ2v) is 3.61. The zero-order chi connectivity index (χ0) is 13.1. The molecule has 0 aliphatic carbocycles. The Labute approximate surface area is 95.6 Å². The molecule has 1 N–H and O–H groups in total. The molecule has 0 unspecified atom stereocenters. The SMILES string of the molecule is Cc1ccc(CNC(=O)[C@@H](F)C(F)(F)F)cc1. The maximum absolute atomic E-state index is 12.5. The van der Waals surface area contributed by atoms with Crippen molar-refractivity contribution in [3.8, 4) is 0 Å². The van der Waals surface area contributed by atoms with Crippen LogP contribution >= 0.6 is 0 Å². The van der Waals surface area contributed by atoms with Gasteiger partial charge in [0.15, 0.2) is 0 Å². The van der Waals surface area contributed by atoms with E-state index in [1.54, 1.807) is 24.3 Å². The fraction of sp³-hybridized carbons (Fsp3) is 0.364. The zero-order valence-corrected chi connectivity index (χ0v) is 9.01. The van der Waals surface area contributed by atoms with Gasteiger partial charge in [-0.15, -0.1) is 0 Å². The normalized spacial score (nSPS) is 13.2. The Balaban J connectivity index is 2.51. The third-order valence-corrected chi connectivity index (χ3v) is 2.10. The highest BCUT2D eigenvalue weighted by Crippen LogP contribution is 2.22. The number of amides is 1. The minimum absolute atomic E-state index is 0.129. The Morgan fingerprint density at radius 1 is 1.29 bits per heavy atom. The van der Waals surface area contributed by atoms with Gasteiger partial charge >= 0.3 is 6.18 Å². The number of halogens is 4. The van der Waals surface area contributed by atoms with Crippen molar-refractivity contribution < 1.29 is 22.4 Å². The second kappa shape index (κ2) is 5.16. The van der Waals surface area contributed by atoms with Gasteiger partial charge in [-0.2, -0.15) is 13.2 Å². The Bertz CT molecular complexity index is 385. The van der Waals surface area contributed by atoms with Crippen molar-refractivity contribution in [1.29, 1.82) is 0 Å². The molecule has 0 spiro atoms. The second-order valence-electron chi connectivity index (χ2n) is 3.61. The summed E-state index contributed by atoms with van der Waals surface area (Å²) in [5.74, 6) is -1.67. The van der Waals surface area contributed by atoms with E-state index in [4.69, 9.17) is 0 Å². The van der Waals surface area contributed by atoms with Crippen molar-refractivity contribution in [2.24, 2.45) is 0 Å². The minimum atomic E-state index is -5.16. The third kappa shape index (κ3) is 4.05. The molecule has 1 atom stereocenters. The lowest BCUT2D eigenvalue weighted by atomic mass is 10.1. The number of aryl methyl sites for hydroxylation is 1. The molecule has 0 aliphatic rings. The summed E-state index contributed by atoms with van der Waals surface area (Å²) in [7, 11) is 0. The quantitative estimate of drug-likeness (QED) is 0.819. The lowest BCUT2D eigenvalue weighted by molar-refractivity contribution is -0.186. The van der Waals surface area contributed by atoms with Gasteiger partial charge in [0.25, 0.3) is 12.1 Å². The van der Waals surface area contributed by atoms with Gasteiger partial charge in [-0.05, 0) is 12.5 Å². The molecule has 0 aliphatic heterocycles. The van der Waals surface area contributed by atoms with E-state index in [-0.39, 0.29) is 6.54 Å². The van der Waals surface area contributed by atoms with Gasteiger partial charge in [-0.1, -0.05) is 29.8 Å². The summed E-state index contributed by atoms with van der Waals surface area (Å²) in [5.41, 5.74) is 1.59. The number of benzene rings is 1. The van der Waals surface area contributed by atoms with Crippen LogP contribution in [-0.2, 0) is 11.3 Å². The van der Waals surface area contributed by atoms with Crippen LogP contribution in [0.1, 0.15) is 11.1 Å². The van der Waals surface area contributed by atoms with Gasteiger partial charge in [0.1, 0.15) is 0 Å². The van der Waals surface area contributed by atoms with Gasteiger partial charge in [0, 0.05) is 6.54 Å².